The van der Waals surface area contributed by atoms with E-state index in [0.717, 1.165) is 6.07 Å². The summed E-state index contributed by atoms with van der Waals surface area (Å²) in [5.74, 6) is -0.472. The largest absolute Gasteiger partial charge is 0.416 e. The fourth-order valence-corrected chi connectivity index (χ4v) is 4.12. The van der Waals surface area contributed by atoms with E-state index in [4.69, 9.17) is 0 Å². The topological polar surface area (TPSA) is 72.0 Å². The van der Waals surface area contributed by atoms with Crippen LogP contribution in [-0.2, 0) is 17.5 Å². The quantitative estimate of drug-likeness (QED) is 0.560. The zero-order valence-corrected chi connectivity index (χ0v) is 19.1. The number of halogens is 4. The summed E-state index contributed by atoms with van der Waals surface area (Å²) >= 11 is 0. The average Bonchev–Trinajstić information content (AvgIpc) is 2.87. The molecule has 0 bridgehead atoms. The number of nitrogens with zero attached hydrogens (tertiary/aromatic N) is 3. The minimum absolute atomic E-state index is 0.0335. The molecular weight excluding hydrogens is 464 g/mol. The van der Waals surface area contributed by atoms with Gasteiger partial charge in [-0.15, -0.1) is 0 Å². The van der Waals surface area contributed by atoms with Crippen LogP contribution in [0.15, 0.2) is 59.7 Å². The number of benzene rings is 2. The van der Waals surface area contributed by atoms with Crippen molar-refractivity contribution in [3.63, 3.8) is 0 Å². The summed E-state index contributed by atoms with van der Waals surface area (Å²) in [6, 6.07) is 11.6. The highest BCUT2D eigenvalue weighted by Gasteiger charge is 2.33. The van der Waals surface area contributed by atoms with Crippen molar-refractivity contribution in [1.29, 1.82) is 0 Å². The van der Waals surface area contributed by atoms with Gasteiger partial charge in [-0.25, -0.2) is 19.9 Å². The summed E-state index contributed by atoms with van der Waals surface area (Å²) in [6.07, 6.45) is -1.82. The highest BCUT2D eigenvalue weighted by molar-refractivity contribution is 5.88. The molecule has 2 aliphatic rings. The Kier molecular flexibility index (Phi) is 7.25. The maximum Gasteiger partial charge on any atom is 0.416 e. The maximum absolute atomic E-state index is 14.3. The van der Waals surface area contributed by atoms with Gasteiger partial charge in [0.2, 0.25) is 11.9 Å². The van der Waals surface area contributed by atoms with E-state index in [1.807, 2.05) is 4.90 Å². The third-order valence-electron chi connectivity index (χ3n) is 6.03. The molecule has 2 heterocycles. The van der Waals surface area contributed by atoms with E-state index in [2.05, 4.69) is 21.2 Å². The van der Waals surface area contributed by atoms with Crippen LogP contribution in [0.5, 0.6) is 0 Å². The number of likely N-dealkylation sites (tertiary alicyclic amines) is 1. The smallest absolute Gasteiger partial charge is 0.352 e. The molecule has 0 atom stereocenters. The van der Waals surface area contributed by atoms with Gasteiger partial charge in [-0.05, 0) is 36.6 Å². The summed E-state index contributed by atoms with van der Waals surface area (Å²) in [6.45, 7) is 0.827. The number of hydrogen-bond acceptors (Lipinski definition) is 6. The Balaban J connectivity index is 1.37. The molecule has 0 unspecified atom stereocenters. The fourth-order valence-electron chi connectivity index (χ4n) is 4.12. The highest BCUT2D eigenvalue weighted by atomic mass is 19.4. The second kappa shape index (κ2) is 10.3. The number of hydrazine groups is 2. The minimum atomic E-state index is -4.47. The van der Waals surface area contributed by atoms with Crippen molar-refractivity contribution in [1.82, 2.24) is 26.2 Å². The van der Waals surface area contributed by atoms with E-state index in [9.17, 15) is 22.4 Å². The van der Waals surface area contributed by atoms with E-state index in [1.54, 1.807) is 36.6 Å². The average molecular weight is 491 g/mol. The van der Waals surface area contributed by atoms with Gasteiger partial charge >= 0.3 is 6.18 Å². The van der Waals surface area contributed by atoms with Gasteiger partial charge in [-0.3, -0.25) is 10.2 Å². The Morgan fingerprint density at radius 1 is 1.11 bits per heavy atom. The summed E-state index contributed by atoms with van der Waals surface area (Å²) in [5, 5.41) is 4.22. The van der Waals surface area contributed by atoms with E-state index < -0.39 is 11.7 Å². The van der Waals surface area contributed by atoms with Crippen LogP contribution >= 0.6 is 0 Å². The van der Waals surface area contributed by atoms with Crippen LogP contribution in [0.25, 0.3) is 5.70 Å². The molecule has 3 N–H and O–H groups in total. The molecule has 2 aromatic carbocycles. The van der Waals surface area contributed by atoms with Gasteiger partial charge in [0.25, 0.3) is 0 Å². The lowest BCUT2D eigenvalue weighted by atomic mass is 9.96. The zero-order valence-electron chi connectivity index (χ0n) is 19.1. The number of guanidine groups is 1. The Labute approximate surface area is 200 Å². The van der Waals surface area contributed by atoms with Gasteiger partial charge < -0.3 is 10.2 Å². The molecule has 11 heteroatoms. The normalized spacial score (nSPS) is 16.9. The second-order valence-corrected chi connectivity index (χ2v) is 8.27. The lowest BCUT2D eigenvalue weighted by Gasteiger charge is -2.37. The number of aliphatic imine (C=N–C) groups is 1. The predicted molar refractivity (Wildman–Crippen MR) is 123 cm³/mol. The molecule has 7 nitrogen and oxygen atoms in total. The lowest BCUT2D eigenvalue weighted by molar-refractivity contribution is -0.138. The molecule has 1 fully saturated rings. The summed E-state index contributed by atoms with van der Waals surface area (Å²) in [7, 11) is 1.71. The van der Waals surface area contributed by atoms with Crippen molar-refractivity contribution >= 4 is 17.6 Å². The zero-order chi connectivity index (χ0) is 25.0. The number of hydrogen-bond donors (Lipinski definition) is 3. The highest BCUT2D eigenvalue weighted by Crippen LogP contribution is 2.32. The van der Waals surface area contributed by atoms with Crippen molar-refractivity contribution in [2.75, 3.05) is 20.1 Å². The number of piperidine rings is 1. The van der Waals surface area contributed by atoms with E-state index in [0.29, 0.717) is 43.2 Å². The SMILES string of the molecule is CNN1C=C(c2ccccc2F)N=C(N2CCC(C(=O)NCc3ccccc3C(F)(F)F)CC2)N1. The molecule has 0 spiro atoms. The Morgan fingerprint density at radius 3 is 2.49 bits per heavy atom. The van der Waals surface area contributed by atoms with Gasteiger partial charge in [0, 0.05) is 38.2 Å². The fraction of sp³-hybridized carbons (Fsp3) is 0.333. The number of carbonyl (C=O) groups is 1. The van der Waals surface area contributed by atoms with Crippen molar-refractivity contribution in [3.8, 4) is 0 Å². The van der Waals surface area contributed by atoms with Crippen molar-refractivity contribution in [2.24, 2.45) is 10.9 Å². The molecule has 4 rings (SSSR count). The second-order valence-electron chi connectivity index (χ2n) is 8.27. The van der Waals surface area contributed by atoms with Gasteiger partial charge in [-0.1, -0.05) is 30.3 Å². The van der Waals surface area contributed by atoms with E-state index in [1.165, 1.54) is 24.3 Å². The van der Waals surface area contributed by atoms with Crippen molar-refractivity contribution < 1.29 is 22.4 Å². The molecule has 1 saturated heterocycles. The van der Waals surface area contributed by atoms with Crippen LogP contribution in [-0.4, -0.2) is 42.0 Å². The first-order valence-electron chi connectivity index (χ1n) is 11.2. The first-order valence-corrected chi connectivity index (χ1v) is 11.2. The molecule has 2 aromatic rings. The summed E-state index contributed by atoms with van der Waals surface area (Å²) in [4.78, 5) is 19.2. The monoisotopic (exact) mass is 490 g/mol. The maximum atomic E-state index is 14.3. The number of nitrogens with one attached hydrogen (secondary N) is 3. The Hall–Kier alpha value is -3.60. The van der Waals surface area contributed by atoms with Gasteiger partial charge in [-0.2, -0.15) is 13.2 Å². The molecular formula is C24H26F4N6O. The van der Waals surface area contributed by atoms with Crippen LogP contribution in [0.2, 0.25) is 0 Å². The van der Waals surface area contributed by atoms with E-state index in [-0.39, 0.29) is 29.8 Å². The van der Waals surface area contributed by atoms with Crippen LogP contribution in [0.4, 0.5) is 17.6 Å². The molecule has 35 heavy (non-hydrogen) atoms. The first kappa shape index (κ1) is 24.5. The Bertz CT molecular complexity index is 1120. The molecule has 186 valence electrons. The van der Waals surface area contributed by atoms with Crippen molar-refractivity contribution in [2.45, 2.75) is 25.6 Å². The number of carbonyl (C=O) groups excluding carboxylic acids is 1. The van der Waals surface area contributed by atoms with Crippen molar-refractivity contribution in [3.05, 3.63) is 77.2 Å². The molecule has 0 aliphatic carbocycles. The van der Waals surface area contributed by atoms with E-state index >= 15 is 0 Å². The first-order chi connectivity index (χ1) is 16.8. The molecule has 0 aromatic heterocycles. The lowest BCUT2D eigenvalue weighted by Crippen LogP contribution is -2.55. The molecule has 0 saturated carbocycles. The number of rotatable bonds is 5. The van der Waals surface area contributed by atoms with Crippen LogP contribution in [0, 0.1) is 11.7 Å². The third-order valence-corrected chi connectivity index (χ3v) is 6.03. The van der Waals surface area contributed by atoms with Gasteiger partial charge in [0.1, 0.15) is 5.82 Å². The van der Waals surface area contributed by atoms with Gasteiger partial charge in [0.05, 0.1) is 17.5 Å². The third kappa shape index (κ3) is 5.73. The van der Waals surface area contributed by atoms with Gasteiger partial charge in [0.15, 0.2) is 0 Å². The molecule has 0 radical (unpaired) electrons. The standard InChI is InChI=1S/C24H26F4N6O/c1-29-34-15-21(18-7-3-5-9-20(18)25)31-23(32-34)33-12-10-16(11-13-33)22(35)30-14-17-6-2-4-8-19(17)24(26,27)28/h2-9,15-16,29H,10-14H2,1H3,(H,30,35)(H,31,32). The number of alkyl halides is 3. The number of amides is 1. The summed E-state index contributed by atoms with van der Waals surface area (Å²) < 4.78 is 53.9. The van der Waals surface area contributed by atoms with Crippen LogP contribution in [0.3, 0.4) is 0 Å². The molecule has 2 aliphatic heterocycles. The summed E-state index contributed by atoms with van der Waals surface area (Å²) in [5.41, 5.74) is 6.12. The van der Waals surface area contributed by atoms with Crippen LogP contribution in [0.1, 0.15) is 29.5 Å². The Morgan fingerprint density at radius 2 is 1.80 bits per heavy atom. The predicted octanol–water partition coefficient (Wildman–Crippen LogP) is 3.48. The van der Waals surface area contributed by atoms with Crippen LogP contribution < -0.4 is 16.2 Å². The minimum Gasteiger partial charge on any atom is -0.352 e. The molecule has 1 amide bonds.